The molecule has 0 bridgehead atoms. The van der Waals surface area contributed by atoms with Crippen LogP contribution in [0.3, 0.4) is 0 Å². The van der Waals surface area contributed by atoms with Crippen molar-refractivity contribution in [2.75, 3.05) is 32.7 Å². The average Bonchev–Trinajstić information content (AvgIpc) is 2.89. The molecule has 4 nitrogen and oxygen atoms in total. The van der Waals surface area contributed by atoms with Gasteiger partial charge in [-0.3, -0.25) is 4.79 Å². The van der Waals surface area contributed by atoms with Crippen molar-refractivity contribution in [1.29, 1.82) is 0 Å². The van der Waals surface area contributed by atoms with Crippen LogP contribution in [0.15, 0.2) is 24.3 Å². The molecule has 2 heterocycles. The zero-order valence-electron chi connectivity index (χ0n) is 11.6. The Kier molecular flexibility index (Phi) is 3.44. The number of benzene rings is 1. The number of hydrogen-bond acceptors (Lipinski definition) is 1. The van der Waals surface area contributed by atoms with Gasteiger partial charge in [0.1, 0.15) is 11.5 Å². The second-order valence-corrected chi connectivity index (χ2v) is 5.31. The molecule has 1 amide bonds. The molecule has 0 unspecified atom stereocenters. The van der Waals surface area contributed by atoms with Gasteiger partial charge in [0, 0.05) is 10.9 Å². The molecule has 2 N–H and O–H groups in total. The van der Waals surface area contributed by atoms with Gasteiger partial charge in [-0.15, -0.1) is 0 Å². The number of nitrogens with one attached hydrogen (secondary N) is 2. The van der Waals surface area contributed by atoms with E-state index < -0.39 is 0 Å². The van der Waals surface area contributed by atoms with Gasteiger partial charge in [-0.25, -0.2) is 4.39 Å². The second kappa shape index (κ2) is 5.25. The molecule has 5 heteroatoms. The molecule has 1 aliphatic heterocycles. The van der Waals surface area contributed by atoms with Gasteiger partial charge < -0.3 is 14.8 Å². The van der Waals surface area contributed by atoms with Crippen LogP contribution in [0.2, 0.25) is 0 Å². The number of quaternary nitrogens is 1. The molecule has 1 aromatic carbocycles. The summed E-state index contributed by atoms with van der Waals surface area (Å²) in [6.45, 7) is 6.83. The fourth-order valence-electron chi connectivity index (χ4n) is 2.77. The first-order valence-electron chi connectivity index (χ1n) is 7.08. The van der Waals surface area contributed by atoms with E-state index in [0.717, 1.165) is 43.6 Å². The first-order chi connectivity index (χ1) is 9.67. The molecule has 1 aliphatic rings. The van der Waals surface area contributed by atoms with E-state index in [-0.39, 0.29) is 11.7 Å². The van der Waals surface area contributed by atoms with E-state index in [0.29, 0.717) is 5.69 Å². The Bertz CT molecular complexity index is 629. The molecule has 0 spiro atoms. The minimum atomic E-state index is -0.282. The summed E-state index contributed by atoms with van der Waals surface area (Å²) >= 11 is 0. The summed E-state index contributed by atoms with van der Waals surface area (Å²) in [6.07, 6.45) is 0. The first kappa shape index (κ1) is 13.1. The predicted octanol–water partition coefficient (Wildman–Crippen LogP) is 0.668. The van der Waals surface area contributed by atoms with Crippen LogP contribution in [0.1, 0.15) is 17.4 Å². The highest BCUT2D eigenvalue weighted by molar-refractivity contribution is 5.98. The predicted molar refractivity (Wildman–Crippen MR) is 75.4 cm³/mol. The van der Waals surface area contributed by atoms with Gasteiger partial charge in [0.2, 0.25) is 0 Å². The van der Waals surface area contributed by atoms with Gasteiger partial charge in [-0.05, 0) is 31.2 Å². The first-order valence-corrected chi connectivity index (χ1v) is 7.08. The van der Waals surface area contributed by atoms with Gasteiger partial charge in [0.15, 0.2) is 0 Å². The number of rotatable bonds is 2. The Morgan fingerprint density at radius 1 is 1.35 bits per heavy atom. The molecule has 0 radical (unpaired) electrons. The van der Waals surface area contributed by atoms with Crippen molar-refractivity contribution in [3.63, 3.8) is 0 Å². The third kappa shape index (κ3) is 2.41. The highest BCUT2D eigenvalue weighted by atomic mass is 19.1. The number of aromatic amines is 1. The number of halogens is 1. The zero-order chi connectivity index (χ0) is 14.1. The number of likely N-dealkylation sites (N-methyl/N-ethyl adjacent to an activating group) is 1. The van der Waals surface area contributed by atoms with Crippen LogP contribution < -0.4 is 4.90 Å². The molecule has 1 fully saturated rings. The highest BCUT2D eigenvalue weighted by Crippen LogP contribution is 2.17. The third-order valence-corrected chi connectivity index (χ3v) is 4.07. The Labute approximate surface area is 117 Å². The van der Waals surface area contributed by atoms with Crippen LogP contribution >= 0.6 is 0 Å². The Morgan fingerprint density at radius 3 is 2.80 bits per heavy atom. The van der Waals surface area contributed by atoms with Gasteiger partial charge in [-0.1, -0.05) is 0 Å². The molecular weight excluding hydrogens is 257 g/mol. The Balaban J connectivity index is 1.79. The van der Waals surface area contributed by atoms with Gasteiger partial charge in [0.25, 0.3) is 5.91 Å². The van der Waals surface area contributed by atoms with Crippen LogP contribution in [0.25, 0.3) is 10.9 Å². The van der Waals surface area contributed by atoms with Gasteiger partial charge in [-0.2, -0.15) is 0 Å². The highest BCUT2D eigenvalue weighted by Gasteiger charge is 2.24. The maximum atomic E-state index is 13.2. The summed E-state index contributed by atoms with van der Waals surface area (Å²) < 4.78 is 13.2. The number of H-pyrrole nitrogens is 1. The van der Waals surface area contributed by atoms with E-state index in [1.165, 1.54) is 17.0 Å². The molecule has 0 aliphatic carbocycles. The lowest BCUT2D eigenvalue weighted by Gasteiger charge is -2.31. The number of aromatic nitrogens is 1. The second-order valence-electron chi connectivity index (χ2n) is 5.31. The molecule has 20 heavy (non-hydrogen) atoms. The van der Waals surface area contributed by atoms with E-state index in [1.807, 2.05) is 4.90 Å². The summed E-state index contributed by atoms with van der Waals surface area (Å²) in [5.74, 6) is -0.271. The summed E-state index contributed by atoms with van der Waals surface area (Å²) in [5.41, 5.74) is 1.35. The number of amides is 1. The van der Waals surface area contributed by atoms with E-state index in [9.17, 15) is 9.18 Å². The molecule has 1 aromatic heterocycles. The van der Waals surface area contributed by atoms with Gasteiger partial charge >= 0.3 is 0 Å². The normalized spacial score (nSPS) is 16.8. The van der Waals surface area contributed by atoms with Crippen LogP contribution in [-0.4, -0.2) is 48.5 Å². The molecule has 3 rings (SSSR count). The Morgan fingerprint density at radius 2 is 2.10 bits per heavy atom. The zero-order valence-corrected chi connectivity index (χ0v) is 11.6. The fourth-order valence-corrected chi connectivity index (χ4v) is 2.77. The molecule has 106 valence electrons. The van der Waals surface area contributed by atoms with Crippen molar-refractivity contribution in [2.45, 2.75) is 6.92 Å². The van der Waals surface area contributed by atoms with Crippen LogP contribution in [0, 0.1) is 5.82 Å². The summed E-state index contributed by atoms with van der Waals surface area (Å²) in [5, 5.41) is 0.742. The quantitative estimate of drug-likeness (QED) is 0.831. The van der Waals surface area contributed by atoms with Crippen LogP contribution in [-0.2, 0) is 0 Å². The molecule has 1 saturated heterocycles. The summed E-state index contributed by atoms with van der Waals surface area (Å²) in [7, 11) is 0. The van der Waals surface area contributed by atoms with Crippen molar-refractivity contribution < 1.29 is 14.1 Å². The number of carbonyl (C=O) groups excluding carboxylic acids is 1. The number of carbonyl (C=O) groups is 1. The van der Waals surface area contributed by atoms with Crippen molar-refractivity contribution >= 4 is 16.8 Å². The number of nitrogens with zero attached hydrogens (tertiary/aromatic N) is 1. The maximum Gasteiger partial charge on any atom is 0.270 e. The smallest absolute Gasteiger partial charge is 0.270 e. The minimum Gasteiger partial charge on any atom is -0.351 e. The van der Waals surface area contributed by atoms with E-state index >= 15 is 0 Å². The van der Waals surface area contributed by atoms with Crippen LogP contribution in [0.5, 0.6) is 0 Å². The van der Waals surface area contributed by atoms with Crippen molar-refractivity contribution in [3.05, 3.63) is 35.8 Å². The lowest BCUT2D eigenvalue weighted by Crippen LogP contribution is -3.14. The SMILES string of the molecule is CC[NH+]1CCN(C(=O)c2cc3cc(F)ccc3[nH]2)CC1. The summed E-state index contributed by atoms with van der Waals surface area (Å²) in [4.78, 5) is 18.9. The molecule has 0 saturated carbocycles. The van der Waals surface area contributed by atoms with Crippen LogP contribution in [0.4, 0.5) is 4.39 Å². The van der Waals surface area contributed by atoms with Crippen molar-refractivity contribution in [2.24, 2.45) is 0 Å². The van der Waals surface area contributed by atoms with Gasteiger partial charge in [0.05, 0.1) is 32.7 Å². The maximum absolute atomic E-state index is 13.2. The number of piperazine rings is 1. The summed E-state index contributed by atoms with van der Waals surface area (Å²) in [6, 6.07) is 6.25. The topological polar surface area (TPSA) is 40.5 Å². The lowest BCUT2D eigenvalue weighted by atomic mass is 10.2. The monoisotopic (exact) mass is 276 g/mol. The standard InChI is InChI=1S/C15H18FN3O/c1-2-18-5-7-19(8-6-18)15(20)14-10-11-9-12(16)3-4-13(11)17-14/h3-4,9-10,17H,2,5-8H2,1H3/p+1. The fraction of sp³-hybridized carbons (Fsp3) is 0.400. The van der Waals surface area contributed by atoms with Crippen molar-refractivity contribution in [1.82, 2.24) is 9.88 Å². The van der Waals surface area contributed by atoms with E-state index in [1.54, 1.807) is 12.1 Å². The van der Waals surface area contributed by atoms with E-state index in [4.69, 9.17) is 0 Å². The average molecular weight is 276 g/mol. The largest absolute Gasteiger partial charge is 0.351 e. The number of fused-ring (bicyclic) bond motifs is 1. The lowest BCUT2D eigenvalue weighted by molar-refractivity contribution is -0.902. The molecular formula is C15H19FN3O+. The molecule has 2 aromatic rings. The molecule has 0 atom stereocenters. The minimum absolute atomic E-state index is 0.0109. The van der Waals surface area contributed by atoms with E-state index in [2.05, 4.69) is 11.9 Å². The number of hydrogen-bond donors (Lipinski definition) is 2. The van der Waals surface area contributed by atoms with Crippen molar-refractivity contribution in [3.8, 4) is 0 Å². The Hall–Kier alpha value is -1.88. The third-order valence-electron chi connectivity index (χ3n) is 4.07.